The molecule has 0 aromatic heterocycles. The second-order valence-corrected chi connectivity index (χ2v) is 4.36. The maximum Gasteiger partial charge on any atom is 0.274 e. The van der Waals surface area contributed by atoms with E-state index in [0.29, 0.717) is 5.69 Å². The molecule has 0 bridgehead atoms. The van der Waals surface area contributed by atoms with Crippen LogP contribution in [0.3, 0.4) is 0 Å². The highest BCUT2D eigenvalue weighted by Gasteiger charge is 2.15. The predicted octanol–water partition coefficient (Wildman–Crippen LogP) is 1.31. The van der Waals surface area contributed by atoms with E-state index in [-0.39, 0.29) is 5.69 Å². The lowest BCUT2D eigenvalue weighted by Gasteiger charge is -2.33. The van der Waals surface area contributed by atoms with Gasteiger partial charge in [-0.15, -0.1) is 0 Å². The third kappa shape index (κ3) is 3.14. The highest BCUT2D eigenvalue weighted by Crippen LogP contribution is 2.20. The smallest absolute Gasteiger partial charge is 0.274 e. The Bertz CT molecular complexity index is 447. The summed E-state index contributed by atoms with van der Waals surface area (Å²) in [6, 6.07) is 3.50. The quantitative estimate of drug-likeness (QED) is 0.651. The van der Waals surface area contributed by atoms with Crippen LogP contribution in [0.2, 0.25) is 0 Å². The number of nitro benzene ring substituents is 1. The molecule has 7 heteroatoms. The van der Waals surface area contributed by atoms with Crippen LogP contribution in [0.1, 0.15) is 0 Å². The molecule has 1 N–H and O–H groups in total. The first kappa shape index (κ1) is 12.7. The fraction of sp³-hybridized carbons (Fsp3) is 0.455. The van der Waals surface area contributed by atoms with E-state index >= 15 is 0 Å². The molecule has 1 aliphatic heterocycles. The number of hydrogen-bond donors (Lipinski definition) is 1. The molecule has 1 aromatic rings. The summed E-state index contributed by atoms with van der Waals surface area (Å²) in [6.07, 6.45) is 0. The van der Waals surface area contributed by atoms with Crippen LogP contribution >= 0.6 is 0 Å². The van der Waals surface area contributed by atoms with Crippen molar-refractivity contribution in [1.82, 2.24) is 9.91 Å². The number of nitrogens with zero attached hydrogens (tertiary/aromatic N) is 3. The van der Waals surface area contributed by atoms with Crippen molar-refractivity contribution in [3.63, 3.8) is 0 Å². The van der Waals surface area contributed by atoms with Crippen LogP contribution in [0.15, 0.2) is 18.2 Å². The number of likely N-dealkylation sites (N-methyl/N-ethyl adjacent to an activating group) is 1. The van der Waals surface area contributed by atoms with Gasteiger partial charge in [-0.2, -0.15) is 0 Å². The summed E-state index contributed by atoms with van der Waals surface area (Å²) in [5.41, 5.74) is 3.16. The van der Waals surface area contributed by atoms with Crippen molar-refractivity contribution in [2.24, 2.45) is 0 Å². The molecule has 0 radical (unpaired) electrons. The zero-order chi connectivity index (χ0) is 13.1. The number of hydrazine groups is 1. The lowest BCUT2D eigenvalue weighted by atomic mass is 10.3. The van der Waals surface area contributed by atoms with Gasteiger partial charge in [-0.3, -0.25) is 10.1 Å². The van der Waals surface area contributed by atoms with Crippen molar-refractivity contribution in [2.45, 2.75) is 0 Å². The summed E-state index contributed by atoms with van der Waals surface area (Å²) < 4.78 is 13.2. The molecule has 1 aliphatic rings. The number of rotatable bonds is 3. The second kappa shape index (κ2) is 5.28. The van der Waals surface area contributed by atoms with Gasteiger partial charge in [-0.05, 0) is 13.1 Å². The Morgan fingerprint density at radius 2 is 1.94 bits per heavy atom. The number of non-ortho nitro benzene ring substituents is 1. The molecule has 6 nitrogen and oxygen atoms in total. The summed E-state index contributed by atoms with van der Waals surface area (Å²) in [5.74, 6) is -0.610. The fourth-order valence-corrected chi connectivity index (χ4v) is 1.84. The minimum Gasteiger partial charge on any atom is -0.318 e. The highest BCUT2D eigenvalue weighted by molar-refractivity contribution is 5.50. The van der Waals surface area contributed by atoms with E-state index in [0.717, 1.165) is 32.2 Å². The molecule has 0 spiro atoms. The lowest BCUT2D eigenvalue weighted by Crippen LogP contribution is -2.46. The molecule has 1 saturated heterocycles. The molecule has 2 rings (SSSR count). The van der Waals surface area contributed by atoms with E-state index in [9.17, 15) is 14.5 Å². The Morgan fingerprint density at radius 1 is 1.28 bits per heavy atom. The summed E-state index contributed by atoms with van der Waals surface area (Å²) in [7, 11) is 2.03. The van der Waals surface area contributed by atoms with Gasteiger partial charge >= 0.3 is 0 Å². The van der Waals surface area contributed by atoms with Gasteiger partial charge in [-0.1, -0.05) is 0 Å². The Kier molecular flexibility index (Phi) is 3.73. The topological polar surface area (TPSA) is 61.6 Å². The van der Waals surface area contributed by atoms with Crippen molar-refractivity contribution >= 4 is 11.4 Å². The van der Waals surface area contributed by atoms with E-state index in [1.807, 2.05) is 12.1 Å². The molecule has 1 fully saturated rings. The Labute approximate surface area is 104 Å². The highest BCUT2D eigenvalue weighted by atomic mass is 19.1. The number of nitro groups is 1. The number of hydrogen-bond acceptors (Lipinski definition) is 5. The Hall–Kier alpha value is -1.73. The average Bonchev–Trinajstić information content (AvgIpc) is 2.31. The van der Waals surface area contributed by atoms with Crippen LogP contribution in [0, 0.1) is 15.9 Å². The van der Waals surface area contributed by atoms with Crippen LogP contribution in [-0.4, -0.2) is 48.1 Å². The van der Waals surface area contributed by atoms with E-state index in [4.69, 9.17) is 0 Å². The molecular formula is C11H15FN4O2. The first-order chi connectivity index (χ1) is 8.54. The number of benzene rings is 1. The van der Waals surface area contributed by atoms with Gasteiger partial charge in [0.05, 0.1) is 16.7 Å². The third-order valence-corrected chi connectivity index (χ3v) is 2.88. The maximum atomic E-state index is 13.2. The third-order valence-electron chi connectivity index (χ3n) is 2.88. The molecule has 18 heavy (non-hydrogen) atoms. The minimum absolute atomic E-state index is 0.244. The summed E-state index contributed by atoms with van der Waals surface area (Å²) in [4.78, 5) is 12.2. The van der Waals surface area contributed by atoms with Crippen LogP contribution in [-0.2, 0) is 0 Å². The number of anilines is 1. The van der Waals surface area contributed by atoms with Crippen molar-refractivity contribution in [2.75, 3.05) is 38.7 Å². The van der Waals surface area contributed by atoms with Crippen molar-refractivity contribution in [3.8, 4) is 0 Å². The molecule has 0 amide bonds. The van der Waals surface area contributed by atoms with E-state index in [1.54, 1.807) is 0 Å². The van der Waals surface area contributed by atoms with E-state index in [1.165, 1.54) is 12.1 Å². The monoisotopic (exact) mass is 254 g/mol. The number of halogens is 1. The SMILES string of the molecule is CN1CCN(Nc2cc(F)cc([N+](=O)[O-])c2)CC1. The van der Waals surface area contributed by atoms with E-state index in [2.05, 4.69) is 10.3 Å². The molecule has 0 unspecified atom stereocenters. The summed E-state index contributed by atoms with van der Waals surface area (Å²) in [6.45, 7) is 3.40. The van der Waals surface area contributed by atoms with Gasteiger partial charge in [-0.25, -0.2) is 9.40 Å². The van der Waals surface area contributed by atoms with Crippen molar-refractivity contribution < 1.29 is 9.31 Å². The molecule has 0 saturated carbocycles. The van der Waals surface area contributed by atoms with Crippen LogP contribution in [0.5, 0.6) is 0 Å². The normalized spacial score (nSPS) is 17.7. The summed E-state index contributed by atoms with van der Waals surface area (Å²) >= 11 is 0. The maximum absolute atomic E-state index is 13.2. The van der Waals surface area contributed by atoms with Gasteiger partial charge in [0.2, 0.25) is 0 Å². The number of piperazine rings is 1. The van der Waals surface area contributed by atoms with Crippen molar-refractivity contribution in [1.29, 1.82) is 0 Å². The predicted molar refractivity (Wildman–Crippen MR) is 65.7 cm³/mol. The second-order valence-electron chi connectivity index (χ2n) is 4.36. The van der Waals surface area contributed by atoms with Crippen LogP contribution in [0.25, 0.3) is 0 Å². The first-order valence-corrected chi connectivity index (χ1v) is 5.70. The Balaban J connectivity index is 2.07. The zero-order valence-corrected chi connectivity index (χ0v) is 10.1. The van der Waals surface area contributed by atoms with Gasteiger partial charge < -0.3 is 10.3 Å². The largest absolute Gasteiger partial charge is 0.318 e. The summed E-state index contributed by atoms with van der Waals surface area (Å²) in [5, 5.41) is 12.6. The molecule has 1 heterocycles. The van der Waals surface area contributed by atoms with Crippen LogP contribution in [0.4, 0.5) is 15.8 Å². The van der Waals surface area contributed by atoms with Gasteiger partial charge in [0.25, 0.3) is 5.69 Å². The lowest BCUT2D eigenvalue weighted by molar-refractivity contribution is -0.385. The van der Waals surface area contributed by atoms with Gasteiger partial charge in [0.1, 0.15) is 5.82 Å². The standard InChI is InChI=1S/C11H15FN4O2/c1-14-2-4-15(5-3-14)13-10-6-9(12)7-11(8-10)16(17)18/h6-8,13H,2-5H2,1H3. The molecule has 0 atom stereocenters. The first-order valence-electron chi connectivity index (χ1n) is 5.70. The molecule has 98 valence electrons. The van der Waals surface area contributed by atoms with Crippen molar-refractivity contribution in [3.05, 3.63) is 34.1 Å². The molecular weight excluding hydrogens is 239 g/mol. The number of nitrogens with one attached hydrogen (secondary N) is 1. The van der Waals surface area contributed by atoms with Gasteiger partial charge in [0.15, 0.2) is 0 Å². The van der Waals surface area contributed by atoms with Gasteiger partial charge in [0, 0.05) is 32.2 Å². The molecule has 0 aliphatic carbocycles. The van der Waals surface area contributed by atoms with E-state index < -0.39 is 10.7 Å². The zero-order valence-electron chi connectivity index (χ0n) is 10.1. The Morgan fingerprint density at radius 3 is 2.56 bits per heavy atom. The fourth-order valence-electron chi connectivity index (χ4n) is 1.84. The average molecular weight is 254 g/mol. The van der Waals surface area contributed by atoms with Crippen LogP contribution < -0.4 is 5.43 Å². The molecule has 1 aromatic carbocycles. The minimum atomic E-state index is -0.610.